The molecular weight excluding hydrogens is 269 g/mol. The Morgan fingerprint density at radius 2 is 1.86 bits per heavy atom. The van der Waals surface area contributed by atoms with Gasteiger partial charge < -0.3 is 14.2 Å². The first-order valence-corrected chi connectivity index (χ1v) is 6.94. The number of fused-ring (bicyclic) bond motifs is 1. The maximum atomic E-state index is 13.8. The number of para-hydroxylation sites is 1. The number of aryl methyl sites for hydroxylation is 2. The number of furan rings is 2. The van der Waals surface area contributed by atoms with Gasteiger partial charge in [0.1, 0.15) is 17.3 Å². The molecule has 0 bridgehead atoms. The van der Waals surface area contributed by atoms with Crippen LogP contribution in [0.3, 0.4) is 0 Å². The van der Waals surface area contributed by atoms with Crippen LogP contribution in [-0.2, 0) is 0 Å². The highest BCUT2D eigenvalue weighted by Gasteiger charge is 2.24. The quantitative estimate of drug-likeness (QED) is 0.776. The molecule has 3 aromatic rings. The van der Waals surface area contributed by atoms with Crippen molar-refractivity contribution in [2.24, 2.45) is 0 Å². The van der Waals surface area contributed by atoms with Crippen LogP contribution in [0.4, 0.5) is 4.39 Å². The van der Waals surface area contributed by atoms with Crippen LogP contribution >= 0.6 is 0 Å². The fourth-order valence-electron chi connectivity index (χ4n) is 2.85. The Kier molecular flexibility index (Phi) is 3.33. The Labute approximate surface area is 122 Å². The number of hydrogen-bond donors (Lipinski definition) is 1. The van der Waals surface area contributed by atoms with Crippen molar-refractivity contribution >= 4 is 11.0 Å². The lowest BCUT2D eigenvalue weighted by Crippen LogP contribution is -2.18. The first-order valence-electron chi connectivity index (χ1n) is 6.94. The van der Waals surface area contributed by atoms with E-state index in [-0.39, 0.29) is 11.9 Å². The van der Waals surface area contributed by atoms with Gasteiger partial charge in [-0.2, -0.15) is 0 Å². The van der Waals surface area contributed by atoms with Gasteiger partial charge in [0.15, 0.2) is 11.4 Å². The highest BCUT2D eigenvalue weighted by Crippen LogP contribution is 2.34. The maximum Gasteiger partial charge on any atom is 0.169 e. The molecule has 2 heterocycles. The standard InChI is InChI=1S/C17H18FNO2/c1-9-10(2)20-11(3)15(9)16(19-4)14-8-12-6-5-7-13(18)17(12)21-14/h5-8,16,19H,1-4H3. The Balaban J connectivity index is 2.16. The molecule has 0 saturated carbocycles. The summed E-state index contributed by atoms with van der Waals surface area (Å²) >= 11 is 0. The summed E-state index contributed by atoms with van der Waals surface area (Å²) in [6.45, 7) is 5.90. The topological polar surface area (TPSA) is 38.3 Å². The van der Waals surface area contributed by atoms with Crippen molar-refractivity contribution in [2.45, 2.75) is 26.8 Å². The van der Waals surface area contributed by atoms with E-state index in [1.165, 1.54) is 6.07 Å². The van der Waals surface area contributed by atoms with Crippen molar-refractivity contribution in [3.05, 3.63) is 58.5 Å². The maximum absolute atomic E-state index is 13.8. The predicted molar refractivity (Wildman–Crippen MR) is 80.0 cm³/mol. The van der Waals surface area contributed by atoms with E-state index in [4.69, 9.17) is 8.83 Å². The second kappa shape index (κ2) is 5.04. The smallest absolute Gasteiger partial charge is 0.169 e. The SMILES string of the molecule is CNC(c1cc2cccc(F)c2o1)c1c(C)oc(C)c1C. The highest BCUT2D eigenvalue weighted by atomic mass is 19.1. The molecule has 21 heavy (non-hydrogen) atoms. The van der Waals surface area contributed by atoms with E-state index in [0.29, 0.717) is 11.3 Å². The second-order valence-electron chi connectivity index (χ2n) is 5.28. The molecule has 110 valence electrons. The van der Waals surface area contributed by atoms with Gasteiger partial charge in [0.2, 0.25) is 0 Å². The summed E-state index contributed by atoms with van der Waals surface area (Å²) in [5, 5.41) is 4.00. The molecule has 3 rings (SSSR count). The van der Waals surface area contributed by atoms with Gasteiger partial charge in [-0.15, -0.1) is 0 Å². The molecule has 1 N–H and O–H groups in total. The molecule has 0 radical (unpaired) electrons. The number of rotatable bonds is 3. The lowest BCUT2D eigenvalue weighted by atomic mass is 10.00. The summed E-state index contributed by atoms with van der Waals surface area (Å²) in [5.41, 5.74) is 2.44. The first kappa shape index (κ1) is 13.9. The molecule has 2 aromatic heterocycles. The van der Waals surface area contributed by atoms with E-state index in [1.54, 1.807) is 6.07 Å². The van der Waals surface area contributed by atoms with Crippen molar-refractivity contribution in [1.29, 1.82) is 0 Å². The van der Waals surface area contributed by atoms with Crippen molar-refractivity contribution in [3.63, 3.8) is 0 Å². The Morgan fingerprint density at radius 3 is 2.43 bits per heavy atom. The van der Waals surface area contributed by atoms with E-state index < -0.39 is 0 Å². The van der Waals surface area contributed by atoms with E-state index in [9.17, 15) is 4.39 Å². The van der Waals surface area contributed by atoms with Crippen molar-refractivity contribution in [1.82, 2.24) is 5.32 Å². The molecule has 1 aromatic carbocycles. The minimum atomic E-state index is -0.342. The summed E-state index contributed by atoms with van der Waals surface area (Å²) in [5.74, 6) is 2.09. The molecule has 4 heteroatoms. The van der Waals surface area contributed by atoms with Crippen molar-refractivity contribution in [3.8, 4) is 0 Å². The summed E-state index contributed by atoms with van der Waals surface area (Å²) in [4.78, 5) is 0. The summed E-state index contributed by atoms with van der Waals surface area (Å²) in [7, 11) is 1.86. The minimum absolute atomic E-state index is 0.158. The monoisotopic (exact) mass is 287 g/mol. The Hall–Kier alpha value is -2.07. The van der Waals surface area contributed by atoms with Crippen LogP contribution in [0.15, 0.2) is 33.1 Å². The van der Waals surface area contributed by atoms with Gasteiger partial charge >= 0.3 is 0 Å². The average Bonchev–Trinajstić information content (AvgIpc) is 2.97. The molecule has 1 unspecified atom stereocenters. The number of benzene rings is 1. The van der Waals surface area contributed by atoms with E-state index in [0.717, 1.165) is 28.0 Å². The highest BCUT2D eigenvalue weighted by molar-refractivity contribution is 5.78. The first-order chi connectivity index (χ1) is 10.0. The summed E-state index contributed by atoms with van der Waals surface area (Å²) in [6.07, 6.45) is 0. The third-order valence-corrected chi connectivity index (χ3v) is 3.99. The van der Waals surface area contributed by atoms with E-state index >= 15 is 0 Å². The van der Waals surface area contributed by atoms with E-state index in [2.05, 4.69) is 5.32 Å². The van der Waals surface area contributed by atoms with Crippen LogP contribution in [-0.4, -0.2) is 7.05 Å². The fraction of sp³-hybridized carbons (Fsp3) is 0.294. The summed E-state index contributed by atoms with van der Waals surface area (Å²) < 4.78 is 25.2. The predicted octanol–water partition coefficient (Wildman–Crippen LogP) is 4.40. The van der Waals surface area contributed by atoms with Crippen LogP contribution in [0.5, 0.6) is 0 Å². The van der Waals surface area contributed by atoms with Gasteiger partial charge in [-0.25, -0.2) is 4.39 Å². The van der Waals surface area contributed by atoms with Crippen LogP contribution in [0.1, 0.15) is 34.4 Å². The molecular formula is C17H18FNO2. The van der Waals surface area contributed by atoms with Gasteiger partial charge in [-0.3, -0.25) is 0 Å². The van der Waals surface area contributed by atoms with Gasteiger partial charge in [0, 0.05) is 10.9 Å². The van der Waals surface area contributed by atoms with Gasteiger partial charge in [0.25, 0.3) is 0 Å². The zero-order valence-corrected chi connectivity index (χ0v) is 12.6. The van der Waals surface area contributed by atoms with Crippen molar-refractivity contribution < 1.29 is 13.2 Å². The minimum Gasteiger partial charge on any atom is -0.466 e. The summed E-state index contributed by atoms with van der Waals surface area (Å²) in [6, 6.07) is 6.65. The van der Waals surface area contributed by atoms with Crippen molar-refractivity contribution in [2.75, 3.05) is 7.05 Å². The number of halogens is 1. The molecule has 3 nitrogen and oxygen atoms in total. The zero-order valence-electron chi connectivity index (χ0n) is 12.6. The van der Waals surface area contributed by atoms with E-state index in [1.807, 2.05) is 40.0 Å². The zero-order chi connectivity index (χ0) is 15.1. The number of hydrogen-bond acceptors (Lipinski definition) is 3. The van der Waals surface area contributed by atoms with Crippen LogP contribution in [0, 0.1) is 26.6 Å². The average molecular weight is 287 g/mol. The molecule has 0 saturated heterocycles. The molecule has 0 aliphatic rings. The molecule has 0 amide bonds. The second-order valence-corrected chi connectivity index (χ2v) is 5.28. The molecule has 0 spiro atoms. The molecule has 0 aliphatic heterocycles. The Bertz CT molecular complexity index is 801. The van der Waals surface area contributed by atoms with Gasteiger partial charge in [-0.1, -0.05) is 12.1 Å². The largest absolute Gasteiger partial charge is 0.466 e. The fourth-order valence-corrected chi connectivity index (χ4v) is 2.85. The normalized spacial score (nSPS) is 13.0. The van der Waals surface area contributed by atoms with Crippen LogP contribution < -0.4 is 5.32 Å². The molecule has 0 fully saturated rings. The van der Waals surface area contributed by atoms with Crippen LogP contribution in [0.25, 0.3) is 11.0 Å². The Morgan fingerprint density at radius 1 is 1.10 bits per heavy atom. The third-order valence-electron chi connectivity index (χ3n) is 3.99. The lowest BCUT2D eigenvalue weighted by molar-refractivity contribution is 0.463. The third kappa shape index (κ3) is 2.16. The lowest BCUT2D eigenvalue weighted by Gasteiger charge is -2.14. The molecule has 0 aliphatic carbocycles. The van der Waals surface area contributed by atoms with Gasteiger partial charge in [0.05, 0.1) is 6.04 Å². The van der Waals surface area contributed by atoms with Gasteiger partial charge in [-0.05, 0) is 45.5 Å². The number of nitrogens with one attached hydrogen (secondary N) is 1. The van der Waals surface area contributed by atoms with Crippen LogP contribution in [0.2, 0.25) is 0 Å². The molecule has 1 atom stereocenters.